The van der Waals surface area contributed by atoms with Gasteiger partial charge in [-0.15, -0.1) is 0 Å². The first-order chi connectivity index (χ1) is 12.0. The second-order valence-electron chi connectivity index (χ2n) is 5.59. The molecule has 1 atom stereocenters. The molecule has 0 bridgehead atoms. The lowest BCUT2D eigenvalue weighted by atomic mass is 9.92. The van der Waals surface area contributed by atoms with E-state index in [1.807, 2.05) is 36.6 Å². The van der Waals surface area contributed by atoms with E-state index in [-0.39, 0.29) is 11.6 Å². The van der Waals surface area contributed by atoms with Gasteiger partial charge < -0.3 is 0 Å². The van der Waals surface area contributed by atoms with Gasteiger partial charge >= 0.3 is 0 Å². The van der Waals surface area contributed by atoms with E-state index in [9.17, 15) is 14.9 Å². The summed E-state index contributed by atoms with van der Waals surface area (Å²) < 4.78 is 0. The maximum atomic E-state index is 13.0. The summed E-state index contributed by atoms with van der Waals surface area (Å²) in [7, 11) is 0. The van der Waals surface area contributed by atoms with E-state index < -0.39 is 10.5 Å². The molecular formula is C17H16N4O3S. The van der Waals surface area contributed by atoms with Crippen molar-refractivity contribution in [2.45, 2.75) is 12.5 Å². The number of nitrogens with zero attached hydrogens (tertiary/aromatic N) is 3. The molecule has 1 N–H and O–H groups in total. The summed E-state index contributed by atoms with van der Waals surface area (Å²) in [5.41, 5.74) is 3.35. The monoisotopic (exact) mass is 356 g/mol. The number of anilines is 1. The smallest absolute Gasteiger partial charge is 0.279 e. The zero-order valence-corrected chi connectivity index (χ0v) is 14.5. The van der Waals surface area contributed by atoms with Crippen LogP contribution in [0.3, 0.4) is 0 Å². The number of hydrogen-bond acceptors (Lipinski definition) is 6. The Bertz CT molecular complexity index is 839. The number of nitro benzene ring substituents is 1. The number of benzene rings is 2. The number of carbonyl (C=O) groups is 1. The van der Waals surface area contributed by atoms with Gasteiger partial charge in [-0.2, -0.15) is 5.01 Å². The van der Waals surface area contributed by atoms with Crippen LogP contribution >= 0.6 is 11.8 Å². The Kier molecular flexibility index (Phi) is 4.45. The van der Waals surface area contributed by atoms with Crippen LogP contribution in [0.5, 0.6) is 0 Å². The third-order valence-electron chi connectivity index (χ3n) is 3.97. The summed E-state index contributed by atoms with van der Waals surface area (Å²) in [4.78, 5) is 27.9. The average Bonchev–Trinajstić information content (AvgIpc) is 2.88. The van der Waals surface area contributed by atoms with Crippen LogP contribution in [0.15, 0.2) is 59.6 Å². The van der Waals surface area contributed by atoms with Gasteiger partial charge in [-0.25, -0.2) is 4.99 Å². The highest BCUT2D eigenvalue weighted by atomic mass is 32.2. The summed E-state index contributed by atoms with van der Waals surface area (Å²) >= 11 is 1.35. The molecule has 2 aromatic rings. The molecular weight excluding hydrogens is 340 g/mol. The summed E-state index contributed by atoms with van der Waals surface area (Å²) in [6.07, 6.45) is 1.84. The van der Waals surface area contributed by atoms with E-state index >= 15 is 0 Å². The Morgan fingerprint density at radius 3 is 2.36 bits per heavy atom. The summed E-state index contributed by atoms with van der Waals surface area (Å²) in [6, 6.07) is 15.2. The number of rotatable bonds is 4. The fraction of sp³-hybridized carbons (Fsp3) is 0.176. The molecule has 128 valence electrons. The van der Waals surface area contributed by atoms with Gasteiger partial charge in [-0.1, -0.05) is 42.1 Å². The number of non-ortho nitro benzene ring substituents is 1. The third-order valence-corrected chi connectivity index (χ3v) is 4.61. The lowest BCUT2D eigenvalue weighted by Crippen LogP contribution is -2.42. The fourth-order valence-electron chi connectivity index (χ4n) is 2.57. The molecule has 8 heteroatoms. The first-order valence-electron chi connectivity index (χ1n) is 7.51. The van der Waals surface area contributed by atoms with E-state index in [0.717, 1.165) is 5.56 Å². The number of hydrazine groups is 1. The summed E-state index contributed by atoms with van der Waals surface area (Å²) in [5.74, 6) is -0.207. The predicted octanol–water partition coefficient (Wildman–Crippen LogP) is 3.40. The number of carbonyl (C=O) groups excluding carboxylic acids is 1. The summed E-state index contributed by atoms with van der Waals surface area (Å²) in [6.45, 7) is 1.78. The van der Waals surface area contributed by atoms with E-state index in [1.165, 1.54) is 28.9 Å². The van der Waals surface area contributed by atoms with Crippen LogP contribution in [0.25, 0.3) is 0 Å². The summed E-state index contributed by atoms with van der Waals surface area (Å²) in [5, 5.41) is 12.7. The predicted molar refractivity (Wildman–Crippen MR) is 98.3 cm³/mol. The molecule has 1 amide bonds. The van der Waals surface area contributed by atoms with Gasteiger partial charge in [0.2, 0.25) is 0 Å². The highest BCUT2D eigenvalue weighted by Gasteiger charge is 2.46. The number of thioether (sulfide) groups is 1. The fourth-order valence-corrected chi connectivity index (χ4v) is 3.15. The van der Waals surface area contributed by atoms with Gasteiger partial charge in [0.1, 0.15) is 0 Å². The van der Waals surface area contributed by atoms with Crippen LogP contribution in [0.1, 0.15) is 12.5 Å². The Hall–Kier alpha value is -2.87. The van der Waals surface area contributed by atoms with Crippen LogP contribution in [0.4, 0.5) is 11.4 Å². The standard InChI is InChI=1S/C17H16N4O3S/c1-17(12-6-4-3-5-7-12)15(22)20(16(18-17)25-2)19-13-8-10-14(11-9-13)21(23)24/h3-11,19H,1-2H3. The van der Waals surface area contributed by atoms with E-state index in [4.69, 9.17) is 0 Å². The molecule has 0 saturated carbocycles. The van der Waals surface area contributed by atoms with Crippen molar-refractivity contribution in [2.75, 3.05) is 11.7 Å². The molecule has 1 heterocycles. The van der Waals surface area contributed by atoms with Gasteiger partial charge in [0.25, 0.3) is 11.6 Å². The lowest BCUT2D eigenvalue weighted by molar-refractivity contribution is -0.384. The molecule has 0 radical (unpaired) electrons. The first kappa shape index (κ1) is 17.0. The molecule has 0 aromatic heterocycles. The maximum absolute atomic E-state index is 13.0. The van der Waals surface area contributed by atoms with Gasteiger partial charge in [-0.3, -0.25) is 20.3 Å². The van der Waals surface area contributed by atoms with Crippen LogP contribution < -0.4 is 5.43 Å². The Balaban J connectivity index is 1.88. The van der Waals surface area contributed by atoms with Crippen LogP contribution in [-0.2, 0) is 10.3 Å². The molecule has 3 rings (SSSR count). The van der Waals surface area contributed by atoms with Crippen molar-refractivity contribution < 1.29 is 9.72 Å². The van der Waals surface area contributed by atoms with Crippen LogP contribution in [0, 0.1) is 10.1 Å². The molecule has 1 aliphatic rings. The van der Waals surface area contributed by atoms with E-state index in [0.29, 0.717) is 10.9 Å². The SMILES string of the molecule is CSC1=NC(C)(c2ccccc2)C(=O)N1Nc1ccc([N+](=O)[O-])cc1. The number of hydrogen-bond donors (Lipinski definition) is 1. The zero-order chi connectivity index (χ0) is 18.0. The number of aliphatic imine (C=N–C) groups is 1. The van der Waals surface area contributed by atoms with Crippen molar-refractivity contribution in [1.29, 1.82) is 0 Å². The van der Waals surface area contributed by atoms with Crippen molar-refractivity contribution in [3.63, 3.8) is 0 Å². The topological polar surface area (TPSA) is 87.8 Å². The van der Waals surface area contributed by atoms with Gasteiger partial charge in [0.15, 0.2) is 10.7 Å². The zero-order valence-electron chi connectivity index (χ0n) is 13.7. The number of amides is 1. The van der Waals surface area contributed by atoms with Crippen molar-refractivity contribution >= 4 is 34.2 Å². The minimum Gasteiger partial charge on any atom is -0.289 e. The van der Waals surface area contributed by atoms with Crippen molar-refractivity contribution in [3.05, 3.63) is 70.3 Å². The van der Waals surface area contributed by atoms with Crippen molar-refractivity contribution in [1.82, 2.24) is 5.01 Å². The third kappa shape index (κ3) is 3.08. The maximum Gasteiger partial charge on any atom is 0.279 e. The average molecular weight is 356 g/mol. The van der Waals surface area contributed by atoms with E-state index in [1.54, 1.807) is 19.1 Å². The van der Waals surface area contributed by atoms with Gasteiger partial charge in [0.05, 0.1) is 10.6 Å². The Morgan fingerprint density at radius 2 is 1.80 bits per heavy atom. The Morgan fingerprint density at radius 1 is 1.16 bits per heavy atom. The molecule has 0 fully saturated rings. The second kappa shape index (κ2) is 6.56. The molecule has 1 aliphatic heterocycles. The van der Waals surface area contributed by atoms with Crippen molar-refractivity contribution in [3.8, 4) is 0 Å². The first-order valence-corrected chi connectivity index (χ1v) is 8.73. The van der Waals surface area contributed by atoms with E-state index in [2.05, 4.69) is 10.4 Å². The number of nitrogens with one attached hydrogen (secondary N) is 1. The number of amidine groups is 1. The minimum atomic E-state index is -1.01. The van der Waals surface area contributed by atoms with Crippen molar-refractivity contribution in [2.24, 2.45) is 4.99 Å². The van der Waals surface area contributed by atoms with Gasteiger partial charge in [0, 0.05) is 12.1 Å². The van der Waals surface area contributed by atoms with Crippen LogP contribution in [-0.4, -0.2) is 27.3 Å². The molecule has 2 aromatic carbocycles. The van der Waals surface area contributed by atoms with Crippen LogP contribution in [0.2, 0.25) is 0 Å². The highest BCUT2D eigenvalue weighted by Crippen LogP contribution is 2.35. The molecule has 1 unspecified atom stereocenters. The second-order valence-corrected chi connectivity index (χ2v) is 6.37. The molecule has 0 spiro atoms. The molecule has 7 nitrogen and oxygen atoms in total. The minimum absolute atomic E-state index is 0.00817. The number of nitro groups is 1. The Labute approximate surface area is 148 Å². The quantitative estimate of drug-likeness (QED) is 0.670. The molecule has 25 heavy (non-hydrogen) atoms. The molecule has 0 aliphatic carbocycles. The van der Waals surface area contributed by atoms with Gasteiger partial charge in [-0.05, 0) is 30.9 Å². The highest BCUT2D eigenvalue weighted by molar-refractivity contribution is 8.13. The normalized spacial score (nSPS) is 19.7. The lowest BCUT2D eigenvalue weighted by Gasteiger charge is -2.23. The molecule has 0 saturated heterocycles. The largest absolute Gasteiger partial charge is 0.289 e.